The van der Waals surface area contributed by atoms with Crippen LogP contribution < -0.4 is 22.4 Å². The second kappa shape index (κ2) is 8.69. The normalized spacial score (nSPS) is 16.1. The molecule has 0 radical (unpaired) electrons. The Hall–Kier alpha value is -3.15. The van der Waals surface area contributed by atoms with Crippen molar-refractivity contribution in [1.29, 1.82) is 10.5 Å². The first kappa shape index (κ1) is 23.1. The van der Waals surface area contributed by atoms with Gasteiger partial charge in [-0.15, -0.1) is 0 Å². The molecule has 154 valence electrons. The number of hydrogen-bond donors (Lipinski definition) is 4. The van der Waals surface area contributed by atoms with Gasteiger partial charge >= 0.3 is 14.2 Å². The van der Waals surface area contributed by atoms with Crippen molar-refractivity contribution in [3.8, 4) is 12.1 Å². The van der Waals surface area contributed by atoms with Crippen molar-refractivity contribution in [3.05, 3.63) is 35.7 Å². The van der Waals surface area contributed by atoms with Gasteiger partial charge in [-0.3, -0.25) is 0 Å². The van der Waals surface area contributed by atoms with E-state index >= 15 is 0 Å². The van der Waals surface area contributed by atoms with Crippen molar-refractivity contribution in [1.82, 2.24) is 9.97 Å². The summed E-state index contributed by atoms with van der Waals surface area (Å²) in [6.07, 6.45) is 2.79. The molecule has 0 aliphatic carbocycles. The van der Waals surface area contributed by atoms with E-state index in [9.17, 15) is 0 Å². The lowest BCUT2D eigenvalue weighted by Gasteiger charge is -2.32. The molecule has 0 amide bonds. The molecule has 2 aromatic rings. The van der Waals surface area contributed by atoms with E-state index in [-0.39, 0.29) is 22.7 Å². The molecule has 0 unspecified atom stereocenters. The minimum absolute atomic E-state index is 0.0851. The first-order valence-electron chi connectivity index (χ1n) is 8.94. The number of pyridine rings is 2. The predicted octanol–water partition coefficient (Wildman–Crippen LogP) is -0.950. The van der Waals surface area contributed by atoms with Crippen LogP contribution in [-0.4, -0.2) is 45.5 Å². The van der Waals surface area contributed by atoms with E-state index in [0.717, 1.165) is 0 Å². The minimum atomic E-state index is -1.62. The van der Waals surface area contributed by atoms with Gasteiger partial charge in [0.2, 0.25) is 0 Å². The minimum Gasteiger partial charge on any atom is -0.423 e. The fraction of sp³-hybridized carbons (Fsp3) is 0.333. The van der Waals surface area contributed by atoms with Gasteiger partial charge in [0, 0.05) is 23.3 Å². The van der Waals surface area contributed by atoms with Crippen molar-refractivity contribution in [3.63, 3.8) is 0 Å². The van der Waals surface area contributed by atoms with E-state index in [1.54, 1.807) is 18.3 Å². The monoisotopic (exact) mass is 408 g/mol. The fourth-order valence-electron chi connectivity index (χ4n) is 2.41. The quantitative estimate of drug-likeness (QED) is 0.452. The van der Waals surface area contributed by atoms with Gasteiger partial charge in [-0.05, 0) is 39.8 Å². The van der Waals surface area contributed by atoms with Crippen LogP contribution in [0, 0.1) is 22.7 Å². The molecule has 1 saturated heterocycles. The molecule has 0 atom stereocenters. The Bertz CT molecular complexity index is 1000. The molecule has 0 bridgehead atoms. The van der Waals surface area contributed by atoms with E-state index < -0.39 is 25.4 Å². The van der Waals surface area contributed by atoms with Gasteiger partial charge in [-0.1, -0.05) is 0 Å². The van der Waals surface area contributed by atoms with Crippen LogP contribution in [0.2, 0.25) is 0 Å². The highest BCUT2D eigenvalue weighted by atomic mass is 16.7. The SMILES string of the molecule is CC1(C)OB(c2cnc(N)c(C#N)c2)OC1(C)C.N#Cc1cc(B(O)O)cnc1N. The van der Waals surface area contributed by atoms with Crippen LogP contribution in [-0.2, 0) is 9.31 Å². The number of hydrogen-bond acceptors (Lipinski definition) is 10. The summed E-state index contributed by atoms with van der Waals surface area (Å²) in [5.74, 6) is 0.305. The van der Waals surface area contributed by atoms with Gasteiger partial charge in [-0.2, -0.15) is 10.5 Å². The van der Waals surface area contributed by atoms with Gasteiger partial charge in [0.15, 0.2) is 0 Å². The van der Waals surface area contributed by atoms with Gasteiger partial charge in [0.05, 0.1) is 22.3 Å². The lowest BCUT2D eigenvalue weighted by Crippen LogP contribution is -2.41. The average Bonchev–Trinajstić information content (AvgIpc) is 2.90. The van der Waals surface area contributed by atoms with Crippen molar-refractivity contribution >= 4 is 36.8 Å². The van der Waals surface area contributed by atoms with Gasteiger partial charge in [-0.25, -0.2) is 9.97 Å². The Kier molecular flexibility index (Phi) is 6.70. The van der Waals surface area contributed by atoms with E-state index in [1.807, 2.05) is 33.8 Å². The van der Waals surface area contributed by atoms with Crippen molar-refractivity contribution in [2.24, 2.45) is 0 Å². The van der Waals surface area contributed by atoms with E-state index in [4.69, 9.17) is 41.3 Å². The Morgan fingerprint density at radius 3 is 1.87 bits per heavy atom. The highest BCUT2D eigenvalue weighted by molar-refractivity contribution is 6.62. The highest BCUT2D eigenvalue weighted by Gasteiger charge is 2.51. The largest absolute Gasteiger partial charge is 0.496 e. The Labute approximate surface area is 175 Å². The highest BCUT2D eigenvalue weighted by Crippen LogP contribution is 2.36. The van der Waals surface area contributed by atoms with Crippen LogP contribution in [0.5, 0.6) is 0 Å². The van der Waals surface area contributed by atoms with Crippen LogP contribution in [0.4, 0.5) is 11.6 Å². The summed E-state index contributed by atoms with van der Waals surface area (Å²) in [6, 6.07) is 6.72. The summed E-state index contributed by atoms with van der Waals surface area (Å²) in [7, 11) is -2.14. The Morgan fingerprint density at radius 2 is 1.40 bits per heavy atom. The molecule has 0 aromatic carbocycles. The molecule has 30 heavy (non-hydrogen) atoms. The first-order chi connectivity index (χ1) is 13.9. The second-order valence-electron chi connectivity index (χ2n) is 7.59. The Balaban J connectivity index is 0.000000232. The van der Waals surface area contributed by atoms with Gasteiger partial charge < -0.3 is 30.8 Å². The summed E-state index contributed by atoms with van der Waals surface area (Å²) in [6.45, 7) is 7.90. The number of anilines is 2. The molecule has 0 spiro atoms. The van der Waals surface area contributed by atoms with Crippen LogP contribution in [0.15, 0.2) is 24.5 Å². The zero-order valence-corrected chi connectivity index (χ0v) is 17.1. The molecular formula is C18H22B2N6O4. The van der Waals surface area contributed by atoms with Crippen LogP contribution >= 0.6 is 0 Å². The second-order valence-corrected chi connectivity index (χ2v) is 7.59. The summed E-state index contributed by atoms with van der Waals surface area (Å²) < 4.78 is 11.8. The Morgan fingerprint density at radius 1 is 0.933 bits per heavy atom. The molecule has 10 nitrogen and oxygen atoms in total. The maximum Gasteiger partial charge on any atom is 0.496 e. The third-order valence-electron chi connectivity index (χ3n) is 4.94. The molecule has 1 aliphatic rings. The summed E-state index contributed by atoms with van der Waals surface area (Å²) >= 11 is 0. The molecule has 1 aliphatic heterocycles. The molecule has 2 aromatic heterocycles. The third-order valence-corrected chi connectivity index (χ3v) is 4.94. The topological polar surface area (TPSA) is 184 Å². The lowest BCUT2D eigenvalue weighted by molar-refractivity contribution is 0.00578. The molecule has 3 heterocycles. The van der Waals surface area contributed by atoms with Crippen molar-refractivity contribution in [2.75, 3.05) is 11.5 Å². The standard InChI is InChI=1S/C12H16BN3O2.C6H6BN3O2/c1-11(2)12(3,4)18-13(17-11)9-5-8(6-14)10(15)16-7-9;8-2-4-1-5(7(11)12)3-10-6(4)9/h5,7H,1-4H3,(H2,15,16);1,3,11-12H,(H2,9,10). The zero-order chi connectivity index (χ0) is 22.7. The number of rotatable bonds is 2. The van der Waals surface area contributed by atoms with Gasteiger partial charge in [0.1, 0.15) is 23.8 Å². The summed E-state index contributed by atoms with van der Waals surface area (Å²) in [5, 5.41) is 34.8. The van der Waals surface area contributed by atoms with Crippen LogP contribution in [0.25, 0.3) is 0 Å². The van der Waals surface area contributed by atoms with Crippen molar-refractivity contribution in [2.45, 2.75) is 38.9 Å². The molecule has 1 fully saturated rings. The predicted molar refractivity (Wildman–Crippen MR) is 112 cm³/mol. The number of nitrogens with zero attached hydrogens (tertiary/aromatic N) is 4. The molecule has 12 heteroatoms. The number of nitriles is 2. The average molecular weight is 408 g/mol. The van der Waals surface area contributed by atoms with Crippen LogP contribution in [0.1, 0.15) is 38.8 Å². The smallest absolute Gasteiger partial charge is 0.423 e. The molecule has 6 N–H and O–H groups in total. The van der Waals surface area contributed by atoms with E-state index in [2.05, 4.69) is 9.97 Å². The van der Waals surface area contributed by atoms with Crippen LogP contribution in [0.3, 0.4) is 0 Å². The zero-order valence-electron chi connectivity index (χ0n) is 17.1. The number of aromatic nitrogens is 2. The molecule has 0 saturated carbocycles. The maximum atomic E-state index is 8.94. The third kappa shape index (κ3) is 4.87. The summed E-state index contributed by atoms with van der Waals surface area (Å²) in [5.41, 5.74) is 11.4. The summed E-state index contributed by atoms with van der Waals surface area (Å²) in [4.78, 5) is 7.59. The first-order valence-corrected chi connectivity index (χ1v) is 8.94. The molecular weight excluding hydrogens is 386 g/mol. The van der Waals surface area contributed by atoms with E-state index in [1.165, 1.54) is 12.3 Å². The lowest BCUT2D eigenvalue weighted by atomic mass is 9.80. The fourth-order valence-corrected chi connectivity index (χ4v) is 2.41. The molecule has 3 rings (SSSR count). The maximum absolute atomic E-state index is 8.94. The number of nitrogens with two attached hydrogens (primary N) is 2. The van der Waals surface area contributed by atoms with Crippen molar-refractivity contribution < 1.29 is 19.4 Å². The van der Waals surface area contributed by atoms with Gasteiger partial charge in [0.25, 0.3) is 0 Å². The van der Waals surface area contributed by atoms with E-state index in [0.29, 0.717) is 11.0 Å². The number of nitrogen functional groups attached to an aromatic ring is 2.